The Morgan fingerprint density at radius 3 is 2.65 bits per heavy atom. The summed E-state index contributed by atoms with van der Waals surface area (Å²) in [4.78, 5) is 0. The van der Waals surface area contributed by atoms with E-state index in [0.29, 0.717) is 0 Å². The molecule has 0 bridgehead atoms. The molecule has 1 nitrogen and oxygen atoms in total. The van der Waals surface area contributed by atoms with Crippen LogP contribution in [0, 0.1) is 0 Å². The van der Waals surface area contributed by atoms with Crippen LogP contribution in [0.3, 0.4) is 0 Å². The quantitative estimate of drug-likeness (QED) is 0.499. The number of benzene rings is 1. The van der Waals surface area contributed by atoms with E-state index in [9.17, 15) is 0 Å². The van der Waals surface area contributed by atoms with E-state index in [4.69, 9.17) is 4.74 Å². The van der Waals surface area contributed by atoms with Crippen molar-refractivity contribution in [2.75, 3.05) is 6.61 Å². The smallest absolute Gasteiger partial charge is 0.0873 e. The Hall–Kier alpha value is -1.50. The summed E-state index contributed by atoms with van der Waals surface area (Å²) >= 11 is 0. The standard InChI is InChI=1S/C16H22O/c1-5-6-10-17-12-14(4)16-9-7-8-15(11-16)13(2)3/h7-9,11-12H,2,5-6,10H2,1,3-4H3/b14-12+. The van der Waals surface area contributed by atoms with E-state index < -0.39 is 0 Å². The maximum absolute atomic E-state index is 5.51. The Balaban J connectivity index is 2.71. The lowest BCUT2D eigenvalue weighted by atomic mass is 10.0. The fraction of sp³-hybridized carbons (Fsp3) is 0.375. The zero-order chi connectivity index (χ0) is 12.7. The van der Waals surface area contributed by atoms with Gasteiger partial charge in [-0.05, 0) is 43.0 Å². The molecule has 0 fully saturated rings. The molecular weight excluding hydrogens is 208 g/mol. The van der Waals surface area contributed by atoms with Gasteiger partial charge in [0.25, 0.3) is 0 Å². The third-order valence-corrected chi connectivity index (χ3v) is 2.69. The minimum absolute atomic E-state index is 0.800. The first kappa shape index (κ1) is 13.6. The van der Waals surface area contributed by atoms with Gasteiger partial charge in [0, 0.05) is 0 Å². The minimum atomic E-state index is 0.800. The van der Waals surface area contributed by atoms with Gasteiger partial charge in [-0.1, -0.05) is 43.7 Å². The molecule has 0 aromatic heterocycles. The average Bonchev–Trinajstić information content (AvgIpc) is 2.34. The number of hydrogen-bond donors (Lipinski definition) is 0. The molecule has 0 amide bonds. The lowest BCUT2D eigenvalue weighted by molar-refractivity contribution is 0.245. The molecule has 0 saturated heterocycles. The molecule has 0 aliphatic heterocycles. The summed E-state index contributed by atoms with van der Waals surface area (Å²) in [5.74, 6) is 0. The van der Waals surface area contributed by atoms with E-state index in [1.807, 2.05) is 13.2 Å². The Labute approximate surface area is 105 Å². The van der Waals surface area contributed by atoms with Gasteiger partial charge in [0.2, 0.25) is 0 Å². The second kappa shape index (κ2) is 6.95. The Bertz CT molecular complexity index is 402. The molecule has 1 aromatic rings. The molecule has 17 heavy (non-hydrogen) atoms. The van der Waals surface area contributed by atoms with Crippen LogP contribution in [0.15, 0.2) is 37.1 Å². The van der Waals surface area contributed by atoms with E-state index in [2.05, 4.69) is 44.7 Å². The second-order valence-electron chi connectivity index (χ2n) is 4.39. The van der Waals surface area contributed by atoms with Gasteiger partial charge in [-0.2, -0.15) is 0 Å². The van der Waals surface area contributed by atoms with E-state index in [-0.39, 0.29) is 0 Å². The lowest BCUT2D eigenvalue weighted by Gasteiger charge is -2.06. The van der Waals surface area contributed by atoms with Crippen LogP contribution in [0.1, 0.15) is 44.7 Å². The number of ether oxygens (including phenoxy) is 1. The predicted octanol–water partition coefficient (Wildman–Crippen LogP) is 4.90. The van der Waals surface area contributed by atoms with Crippen LogP contribution in [0.5, 0.6) is 0 Å². The SMILES string of the molecule is C=C(C)c1cccc(/C(C)=C/OCCCC)c1. The van der Waals surface area contributed by atoms with Crippen molar-refractivity contribution in [1.82, 2.24) is 0 Å². The van der Waals surface area contributed by atoms with E-state index in [1.165, 1.54) is 11.1 Å². The highest BCUT2D eigenvalue weighted by Gasteiger charge is 1.99. The number of hydrogen-bond acceptors (Lipinski definition) is 1. The molecule has 0 spiro atoms. The Morgan fingerprint density at radius 2 is 2.00 bits per heavy atom. The number of allylic oxidation sites excluding steroid dienone is 2. The van der Waals surface area contributed by atoms with Crippen LogP contribution in [0.4, 0.5) is 0 Å². The van der Waals surface area contributed by atoms with Crippen molar-refractivity contribution < 1.29 is 4.74 Å². The summed E-state index contributed by atoms with van der Waals surface area (Å²) in [7, 11) is 0. The van der Waals surface area contributed by atoms with Gasteiger partial charge in [0.05, 0.1) is 12.9 Å². The highest BCUT2D eigenvalue weighted by atomic mass is 16.5. The van der Waals surface area contributed by atoms with Crippen molar-refractivity contribution in [3.05, 3.63) is 48.2 Å². The molecule has 0 atom stereocenters. The summed E-state index contributed by atoms with van der Waals surface area (Å²) in [6.07, 6.45) is 4.13. The number of unbranched alkanes of at least 4 members (excludes halogenated alkanes) is 1. The fourth-order valence-corrected chi connectivity index (χ4v) is 1.51. The van der Waals surface area contributed by atoms with E-state index in [0.717, 1.165) is 30.6 Å². The van der Waals surface area contributed by atoms with Gasteiger partial charge in [-0.25, -0.2) is 0 Å². The van der Waals surface area contributed by atoms with Crippen LogP contribution in [-0.2, 0) is 4.74 Å². The van der Waals surface area contributed by atoms with Crippen molar-refractivity contribution in [3.8, 4) is 0 Å². The van der Waals surface area contributed by atoms with Crippen molar-refractivity contribution in [2.24, 2.45) is 0 Å². The summed E-state index contributed by atoms with van der Waals surface area (Å²) < 4.78 is 5.51. The summed E-state index contributed by atoms with van der Waals surface area (Å²) in [6.45, 7) is 11.0. The Kier molecular flexibility index (Phi) is 5.55. The van der Waals surface area contributed by atoms with Gasteiger partial charge < -0.3 is 4.74 Å². The lowest BCUT2D eigenvalue weighted by Crippen LogP contribution is -1.88. The van der Waals surface area contributed by atoms with Crippen molar-refractivity contribution >= 4 is 11.1 Å². The largest absolute Gasteiger partial charge is 0.501 e. The highest BCUT2D eigenvalue weighted by molar-refractivity contribution is 5.69. The molecule has 0 N–H and O–H groups in total. The van der Waals surface area contributed by atoms with Crippen LogP contribution < -0.4 is 0 Å². The summed E-state index contributed by atoms with van der Waals surface area (Å²) in [5, 5.41) is 0. The van der Waals surface area contributed by atoms with E-state index in [1.54, 1.807) is 0 Å². The maximum atomic E-state index is 5.51. The zero-order valence-corrected chi connectivity index (χ0v) is 11.1. The van der Waals surface area contributed by atoms with Gasteiger partial charge in [0.15, 0.2) is 0 Å². The van der Waals surface area contributed by atoms with Crippen molar-refractivity contribution in [1.29, 1.82) is 0 Å². The van der Waals surface area contributed by atoms with Crippen LogP contribution in [-0.4, -0.2) is 6.61 Å². The van der Waals surface area contributed by atoms with Gasteiger partial charge >= 0.3 is 0 Å². The first-order valence-corrected chi connectivity index (χ1v) is 6.20. The molecule has 1 heteroatoms. The normalized spacial score (nSPS) is 11.4. The van der Waals surface area contributed by atoms with Crippen molar-refractivity contribution in [2.45, 2.75) is 33.6 Å². The molecular formula is C16H22O. The first-order valence-electron chi connectivity index (χ1n) is 6.20. The molecule has 1 aromatic carbocycles. The van der Waals surface area contributed by atoms with Crippen LogP contribution in [0.25, 0.3) is 11.1 Å². The molecule has 92 valence electrons. The fourth-order valence-electron chi connectivity index (χ4n) is 1.51. The van der Waals surface area contributed by atoms with Gasteiger partial charge in [0.1, 0.15) is 0 Å². The molecule has 0 unspecified atom stereocenters. The van der Waals surface area contributed by atoms with Crippen molar-refractivity contribution in [3.63, 3.8) is 0 Å². The number of rotatable bonds is 6. The van der Waals surface area contributed by atoms with Gasteiger partial charge in [-0.3, -0.25) is 0 Å². The van der Waals surface area contributed by atoms with Crippen LogP contribution >= 0.6 is 0 Å². The monoisotopic (exact) mass is 230 g/mol. The molecule has 0 aliphatic carbocycles. The van der Waals surface area contributed by atoms with Gasteiger partial charge in [-0.15, -0.1) is 0 Å². The third kappa shape index (κ3) is 4.48. The molecule has 1 rings (SSSR count). The summed E-state index contributed by atoms with van der Waals surface area (Å²) in [6, 6.07) is 8.39. The van der Waals surface area contributed by atoms with Crippen LogP contribution in [0.2, 0.25) is 0 Å². The predicted molar refractivity (Wildman–Crippen MR) is 75.7 cm³/mol. The minimum Gasteiger partial charge on any atom is -0.501 e. The molecule has 0 radical (unpaired) electrons. The molecule has 0 saturated carbocycles. The maximum Gasteiger partial charge on any atom is 0.0873 e. The topological polar surface area (TPSA) is 9.23 Å². The first-order chi connectivity index (χ1) is 8.15. The zero-order valence-electron chi connectivity index (χ0n) is 11.1. The summed E-state index contributed by atoms with van der Waals surface area (Å²) in [5.41, 5.74) is 4.63. The highest BCUT2D eigenvalue weighted by Crippen LogP contribution is 2.19. The second-order valence-corrected chi connectivity index (χ2v) is 4.39. The van der Waals surface area contributed by atoms with E-state index >= 15 is 0 Å². The average molecular weight is 230 g/mol. The molecule has 0 heterocycles. The Morgan fingerprint density at radius 1 is 1.29 bits per heavy atom. The third-order valence-electron chi connectivity index (χ3n) is 2.69. The molecule has 0 aliphatic rings.